The summed E-state index contributed by atoms with van der Waals surface area (Å²) in [5.74, 6) is -1.83. The third-order valence-corrected chi connectivity index (χ3v) is 5.08. The molecule has 1 aromatic heterocycles. The summed E-state index contributed by atoms with van der Waals surface area (Å²) in [4.78, 5) is 27.4. The lowest BCUT2D eigenvalue weighted by molar-refractivity contribution is -0.140. The standard InChI is InChI=1S/C13H16N2O3S/c16-10(8-7-9(8)11(17)18)15-13(3-1-2-4-13)12-14-5-6-19-12/h5-6,8-9H,1-4,7H2,(H,15,16)(H,17,18)/t8-,9+/m1/s1. The summed E-state index contributed by atoms with van der Waals surface area (Å²) in [5.41, 5.74) is -0.350. The molecule has 0 aliphatic heterocycles. The highest BCUT2D eigenvalue weighted by Crippen LogP contribution is 2.43. The third-order valence-electron chi connectivity index (χ3n) is 4.11. The number of rotatable bonds is 4. The van der Waals surface area contributed by atoms with E-state index >= 15 is 0 Å². The van der Waals surface area contributed by atoms with Gasteiger partial charge < -0.3 is 10.4 Å². The van der Waals surface area contributed by atoms with Crippen molar-refractivity contribution in [3.05, 3.63) is 16.6 Å². The maximum atomic E-state index is 12.2. The van der Waals surface area contributed by atoms with E-state index in [1.807, 2.05) is 5.38 Å². The maximum absolute atomic E-state index is 12.2. The van der Waals surface area contributed by atoms with Gasteiger partial charge in [-0.05, 0) is 19.3 Å². The first-order valence-electron chi connectivity index (χ1n) is 6.57. The van der Waals surface area contributed by atoms with Crippen LogP contribution in [0.4, 0.5) is 0 Å². The first-order valence-corrected chi connectivity index (χ1v) is 7.45. The molecule has 5 nitrogen and oxygen atoms in total. The van der Waals surface area contributed by atoms with E-state index in [0.717, 1.165) is 30.7 Å². The van der Waals surface area contributed by atoms with E-state index in [0.29, 0.717) is 6.42 Å². The number of nitrogens with zero attached hydrogens (tertiary/aromatic N) is 1. The molecule has 2 atom stereocenters. The van der Waals surface area contributed by atoms with Gasteiger partial charge in [0.1, 0.15) is 5.01 Å². The van der Waals surface area contributed by atoms with E-state index in [2.05, 4.69) is 10.3 Å². The summed E-state index contributed by atoms with van der Waals surface area (Å²) >= 11 is 1.56. The molecule has 0 saturated heterocycles. The van der Waals surface area contributed by atoms with E-state index in [4.69, 9.17) is 5.11 Å². The summed E-state index contributed by atoms with van der Waals surface area (Å²) < 4.78 is 0. The van der Waals surface area contributed by atoms with Crippen molar-refractivity contribution in [3.8, 4) is 0 Å². The predicted molar refractivity (Wildman–Crippen MR) is 69.6 cm³/mol. The first kappa shape index (κ1) is 12.6. The third kappa shape index (κ3) is 2.25. The average Bonchev–Trinajstić information content (AvgIpc) is 2.79. The van der Waals surface area contributed by atoms with Gasteiger partial charge in [0.25, 0.3) is 0 Å². The van der Waals surface area contributed by atoms with Gasteiger partial charge in [-0.25, -0.2) is 4.98 Å². The molecular weight excluding hydrogens is 264 g/mol. The number of aromatic nitrogens is 1. The molecule has 2 N–H and O–H groups in total. The van der Waals surface area contributed by atoms with Crippen molar-refractivity contribution in [2.24, 2.45) is 11.8 Å². The van der Waals surface area contributed by atoms with Crippen LogP contribution in [0.1, 0.15) is 37.1 Å². The Bertz CT molecular complexity index is 494. The van der Waals surface area contributed by atoms with Crippen LogP contribution in [-0.4, -0.2) is 22.0 Å². The molecule has 19 heavy (non-hydrogen) atoms. The lowest BCUT2D eigenvalue weighted by atomic mass is 9.98. The smallest absolute Gasteiger partial charge is 0.307 e. The number of carbonyl (C=O) groups is 2. The zero-order chi connectivity index (χ0) is 13.5. The van der Waals surface area contributed by atoms with Gasteiger partial charge in [-0.1, -0.05) is 12.8 Å². The molecule has 1 heterocycles. The van der Waals surface area contributed by atoms with Gasteiger partial charge in [-0.15, -0.1) is 11.3 Å². The Morgan fingerprint density at radius 2 is 2.11 bits per heavy atom. The second-order valence-corrected chi connectivity index (χ2v) is 6.30. The largest absolute Gasteiger partial charge is 0.481 e. The van der Waals surface area contributed by atoms with Gasteiger partial charge in [0, 0.05) is 11.6 Å². The van der Waals surface area contributed by atoms with Crippen LogP contribution in [0, 0.1) is 11.8 Å². The molecule has 2 fully saturated rings. The minimum atomic E-state index is -0.866. The van der Waals surface area contributed by atoms with E-state index in [1.165, 1.54) is 0 Å². The lowest BCUT2D eigenvalue weighted by Gasteiger charge is -2.28. The molecule has 0 spiro atoms. The molecule has 102 valence electrons. The summed E-state index contributed by atoms with van der Waals surface area (Å²) in [7, 11) is 0. The monoisotopic (exact) mass is 280 g/mol. The van der Waals surface area contributed by atoms with Gasteiger partial charge in [-0.2, -0.15) is 0 Å². The molecule has 0 radical (unpaired) electrons. The SMILES string of the molecule is O=C(O)[C@H]1C[C@H]1C(=O)NC1(c2nccs2)CCCC1. The second kappa shape index (κ2) is 4.59. The van der Waals surface area contributed by atoms with Crippen LogP contribution in [0.3, 0.4) is 0 Å². The molecule has 2 aliphatic carbocycles. The molecule has 0 unspecified atom stereocenters. The lowest BCUT2D eigenvalue weighted by Crippen LogP contribution is -2.44. The van der Waals surface area contributed by atoms with E-state index in [9.17, 15) is 9.59 Å². The molecule has 0 aromatic carbocycles. The minimum Gasteiger partial charge on any atom is -0.481 e. The van der Waals surface area contributed by atoms with Crippen LogP contribution >= 0.6 is 11.3 Å². The Labute approximate surface area is 115 Å². The second-order valence-electron chi connectivity index (χ2n) is 5.40. The van der Waals surface area contributed by atoms with Crippen molar-refractivity contribution in [2.75, 3.05) is 0 Å². The maximum Gasteiger partial charge on any atom is 0.307 e. The fourth-order valence-electron chi connectivity index (χ4n) is 2.92. The fraction of sp³-hybridized carbons (Fsp3) is 0.615. The number of carbonyl (C=O) groups excluding carboxylic acids is 1. The topological polar surface area (TPSA) is 79.3 Å². The van der Waals surface area contributed by atoms with E-state index in [-0.39, 0.29) is 17.4 Å². The van der Waals surface area contributed by atoms with Gasteiger partial charge in [0.2, 0.25) is 5.91 Å². The number of amides is 1. The Hall–Kier alpha value is -1.43. The number of hydrogen-bond donors (Lipinski definition) is 2. The molecule has 1 aromatic rings. The summed E-state index contributed by atoms with van der Waals surface area (Å²) in [6.45, 7) is 0. The van der Waals surface area contributed by atoms with Crippen molar-refractivity contribution in [3.63, 3.8) is 0 Å². The van der Waals surface area contributed by atoms with Gasteiger partial charge in [-0.3, -0.25) is 9.59 Å². The Morgan fingerprint density at radius 1 is 1.37 bits per heavy atom. The highest BCUT2D eigenvalue weighted by atomic mass is 32.1. The summed E-state index contributed by atoms with van der Waals surface area (Å²) in [5, 5.41) is 14.8. The van der Waals surface area contributed by atoms with Crippen LogP contribution in [0.5, 0.6) is 0 Å². The Balaban J connectivity index is 1.73. The van der Waals surface area contributed by atoms with E-state index in [1.54, 1.807) is 17.5 Å². The minimum absolute atomic E-state index is 0.121. The zero-order valence-electron chi connectivity index (χ0n) is 10.5. The number of aliphatic carboxylic acids is 1. The van der Waals surface area contributed by atoms with Gasteiger partial charge in [0.05, 0.1) is 17.4 Å². The van der Waals surface area contributed by atoms with Crippen LogP contribution in [0.25, 0.3) is 0 Å². The average molecular weight is 280 g/mol. The van der Waals surface area contributed by atoms with Crippen LogP contribution in [0.15, 0.2) is 11.6 Å². The molecular formula is C13H16N2O3S. The zero-order valence-corrected chi connectivity index (χ0v) is 11.3. The Morgan fingerprint density at radius 3 is 2.63 bits per heavy atom. The fourth-order valence-corrected chi connectivity index (χ4v) is 3.77. The number of nitrogens with one attached hydrogen (secondary N) is 1. The normalized spacial score (nSPS) is 28.0. The summed E-state index contributed by atoms with van der Waals surface area (Å²) in [6, 6.07) is 0. The summed E-state index contributed by atoms with van der Waals surface area (Å²) in [6.07, 6.45) is 6.17. The molecule has 3 rings (SSSR count). The van der Waals surface area contributed by atoms with Gasteiger partial charge >= 0.3 is 5.97 Å². The van der Waals surface area contributed by atoms with Crippen molar-refractivity contribution in [1.82, 2.24) is 10.3 Å². The van der Waals surface area contributed by atoms with Crippen molar-refractivity contribution >= 4 is 23.2 Å². The molecule has 6 heteroatoms. The highest BCUT2D eigenvalue weighted by molar-refractivity contribution is 7.09. The molecule has 2 aliphatic rings. The van der Waals surface area contributed by atoms with Crippen molar-refractivity contribution in [2.45, 2.75) is 37.6 Å². The van der Waals surface area contributed by atoms with Gasteiger partial charge in [0.15, 0.2) is 0 Å². The number of thiazole rings is 1. The molecule has 0 bridgehead atoms. The number of hydrogen-bond acceptors (Lipinski definition) is 4. The Kier molecular flexibility index (Phi) is 3.05. The molecule has 2 saturated carbocycles. The quantitative estimate of drug-likeness (QED) is 0.880. The van der Waals surface area contributed by atoms with Crippen LogP contribution in [0.2, 0.25) is 0 Å². The van der Waals surface area contributed by atoms with Crippen LogP contribution < -0.4 is 5.32 Å². The van der Waals surface area contributed by atoms with Crippen molar-refractivity contribution in [1.29, 1.82) is 0 Å². The number of carboxylic acids is 1. The van der Waals surface area contributed by atoms with E-state index < -0.39 is 11.9 Å². The highest BCUT2D eigenvalue weighted by Gasteiger charge is 2.51. The predicted octanol–water partition coefficient (Wildman–Crippen LogP) is 1.75. The first-order chi connectivity index (χ1) is 9.12. The van der Waals surface area contributed by atoms with Crippen molar-refractivity contribution < 1.29 is 14.7 Å². The number of carboxylic acid groups (broad SMARTS) is 1. The molecule has 1 amide bonds. The van der Waals surface area contributed by atoms with Crippen LogP contribution in [-0.2, 0) is 15.1 Å².